The minimum absolute atomic E-state index is 0. The normalized spacial score (nSPS) is 26.7. The van der Waals surface area contributed by atoms with E-state index in [0.29, 0.717) is 37.1 Å². The van der Waals surface area contributed by atoms with Gasteiger partial charge < -0.3 is 21.5 Å². The van der Waals surface area contributed by atoms with E-state index in [-0.39, 0.29) is 12.2 Å². The molecule has 2 aliphatic heterocycles. The lowest BCUT2D eigenvalue weighted by Crippen LogP contribution is -2.40. The number of H-pyrrole nitrogens is 1. The standard InChI is InChI=1S/C16H18N6O2.H3N/c23-14(24)16-6-10(7-16)22(8-16)15-17-4-3-12(19-15)18-13-5-11(20-21-13)9-1-2-9;/h3-5,9-10H,1-2,6-8H2,(H,23,24)(H2,17,18,19,20,21);1H3. The number of carboxylic acid groups (broad SMARTS) is 1. The van der Waals surface area contributed by atoms with Crippen molar-refractivity contribution in [2.24, 2.45) is 5.41 Å². The zero-order chi connectivity index (χ0) is 16.3. The molecule has 4 aliphatic rings. The second-order valence-corrected chi connectivity index (χ2v) is 7.13. The van der Waals surface area contributed by atoms with Crippen molar-refractivity contribution in [1.82, 2.24) is 26.3 Å². The Bertz CT molecular complexity index is 810. The van der Waals surface area contributed by atoms with E-state index in [2.05, 4.69) is 25.5 Å². The first-order chi connectivity index (χ1) is 11.6. The number of aromatic nitrogens is 4. The molecule has 6 rings (SSSR count). The van der Waals surface area contributed by atoms with E-state index in [1.54, 1.807) is 12.3 Å². The van der Waals surface area contributed by atoms with E-state index < -0.39 is 11.4 Å². The summed E-state index contributed by atoms with van der Waals surface area (Å²) >= 11 is 0. The van der Waals surface area contributed by atoms with Crippen LogP contribution in [0.25, 0.3) is 0 Å². The van der Waals surface area contributed by atoms with Crippen LogP contribution in [0.5, 0.6) is 0 Å². The molecule has 2 bridgehead atoms. The molecule has 9 nitrogen and oxygen atoms in total. The monoisotopic (exact) mass is 343 g/mol. The molecule has 2 saturated heterocycles. The Morgan fingerprint density at radius 2 is 2.16 bits per heavy atom. The fraction of sp³-hybridized carbons (Fsp3) is 0.500. The summed E-state index contributed by atoms with van der Waals surface area (Å²) in [5, 5.41) is 19.9. The lowest BCUT2D eigenvalue weighted by atomic mass is 9.70. The third kappa shape index (κ3) is 2.51. The van der Waals surface area contributed by atoms with Crippen LogP contribution in [-0.4, -0.2) is 43.8 Å². The van der Waals surface area contributed by atoms with E-state index >= 15 is 0 Å². The zero-order valence-corrected chi connectivity index (χ0v) is 13.8. The number of aromatic amines is 1. The topological polar surface area (TPSA) is 142 Å². The molecule has 0 aromatic carbocycles. The minimum atomic E-state index is -0.709. The third-order valence-electron chi connectivity index (χ3n) is 5.39. The third-order valence-corrected chi connectivity index (χ3v) is 5.39. The Hall–Kier alpha value is -2.68. The van der Waals surface area contributed by atoms with Gasteiger partial charge in [-0.05, 0) is 31.7 Å². The van der Waals surface area contributed by atoms with E-state index in [1.165, 1.54) is 12.8 Å². The Morgan fingerprint density at radius 1 is 1.36 bits per heavy atom. The lowest BCUT2D eigenvalue weighted by Gasteiger charge is -2.32. The van der Waals surface area contributed by atoms with Crippen molar-refractivity contribution in [2.45, 2.75) is 37.6 Å². The molecule has 4 fully saturated rings. The van der Waals surface area contributed by atoms with Crippen LogP contribution in [0.15, 0.2) is 18.3 Å². The number of nitrogens with one attached hydrogen (secondary N) is 2. The smallest absolute Gasteiger partial charge is 0.311 e. The van der Waals surface area contributed by atoms with Crippen LogP contribution in [0, 0.1) is 5.41 Å². The van der Waals surface area contributed by atoms with Gasteiger partial charge in [0, 0.05) is 36.5 Å². The van der Waals surface area contributed by atoms with Gasteiger partial charge in [0.2, 0.25) is 5.95 Å². The molecule has 2 aromatic heterocycles. The summed E-state index contributed by atoms with van der Waals surface area (Å²) in [6.45, 7) is 0.491. The molecule has 0 unspecified atom stereocenters. The molecule has 2 aromatic rings. The highest BCUT2D eigenvalue weighted by molar-refractivity contribution is 5.79. The van der Waals surface area contributed by atoms with Gasteiger partial charge in [-0.1, -0.05) is 0 Å². The molecule has 132 valence electrons. The molecule has 2 aliphatic carbocycles. The van der Waals surface area contributed by atoms with E-state index in [0.717, 1.165) is 11.5 Å². The van der Waals surface area contributed by atoms with Gasteiger partial charge in [-0.2, -0.15) is 10.1 Å². The van der Waals surface area contributed by atoms with Gasteiger partial charge in [0.05, 0.1) is 5.41 Å². The predicted molar refractivity (Wildman–Crippen MR) is 91.3 cm³/mol. The van der Waals surface area contributed by atoms with Crippen molar-refractivity contribution in [2.75, 3.05) is 16.8 Å². The second kappa shape index (κ2) is 5.41. The largest absolute Gasteiger partial charge is 0.481 e. The maximum absolute atomic E-state index is 11.4. The molecule has 0 spiro atoms. The minimum Gasteiger partial charge on any atom is -0.481 e. The highest BCUT2D eigenvalue weighted by Gasteiger charge is 2.60. The first-order valence-electron chi connectivity index (χ1n) is 8.28. The van der Waals surface area contributed by atoms with Crippen LogP contribution in [-0.2, 0) is 4.79 Å². The number of hydrogen-bond acceptors (Lipinski definition) is 7. The van der Waals surface area contributed by atoms with E-state index in [9.17, 15) is 9.90 Å². The average molecular weight is 343 g/mol. The van der Waals surface area contributed by atoms with Crippen molar-refractivity contribution >= 4 is 23.6 Å². The number of carbonyl (C=O) groups is 1. The second-order valence-electron chi connectivity index (χ2n) is 7.13. The van der Waals surface area contributed by atoms with Crippen molar-refractivity contribution in [1.29, 1.82) is 0 Å². The van der Waals surface area contributed by atoms with Gasteiger partial charge in [-0.15, -0.1) is 0 Å². The van der Waals surface area contributed by atoms with Crippen LogP contribution in [0.4, 0.5) is 17.6 Å². The Kier molecular flexibility index (Phi) is 3.43. The maximum Gasteiger partial charge on any atom is 0.311 e. The summed E-state index contributed by atoms with van der Waals surface area (Å²) in [5.41, 5.74) is 0.564. The van der Waals surface area contributed by atoms with Gasteiger partial charge in [0.1, 0.15) is 5.82 Å². The van der Waals surface area contributed by atoms with Crippen LogP contribution in [0.2, 0.25) is 0 Å². The van der Waals surface area contributed by atoms with Gasteiger partial charge in [0.15, 0.2) is 5.82 Å². The number of anilines is 3. The predicted octanol–water partition coefficient (Wildman–Crippen LogP) is 2.04. The number of hydrogen-bond donors (Lipinski definition) is 4. The zero-order valence-electron chi connectivity index (χ0n) is 13.8. The highest BCUT2D eigenvalue weighted by atomic mass is 16.4. The number of aliphatic carboxylic acids is 1. The van der Waals surface area contributed by atoms with Crippen molar-refractivity contribution in [3.05, 3.63) is 24.0 Å². The van der Waals surface area contributed by atoms with Crippen molar-refractivity contribution in [3.8, 4) is 0 Å². The van der Waals surface area contributed by atoms with Crippen LogP contribution >= 0.6 is 0 Å². The van der Waals surface area contributed by atoms with E-state index in [1.807, 2.05) is 11.0 Å². The number of rotatable bonds is 5. The molecular weight excluding hydrogens is 322 g/mol. The van der Waals surface area contributed by atoms with Gasteiger partial charge in [0.25, 0.3) is 0 Å². The molecule has 25 heavy (non-hydrogen) atoms. The van der Waals surface area contributed by atoms with Crippen LogP contribution in [0.3, 0.4) is 0 Å². The lowest BCUT2D eigenvalue weighted by molar-refractivity contribution is -0.150. The Balaban J connectivity index is 0.00000157. The first-order valence-corrected chi connectivity index (χ1v) is 8.28. The van der Waals surface area contributed by atoms with Gasteiger partial charge in [-0.25, -0.2) is 4.98 Å². The fourth-order valence-electron chi connectivity index (χ4n) is 3.81. The Morgan fingerprint density at radius 3 is 2.84 bits per heavy atom. The number of fused-ring (bicyclic) bond motifs is 1. The SMILES string of the molecule is N.O=C(O)C12CC(C1)N(c1nccc(Nc3cc(C4CC4)[nH]n3)n1)C2. The highest BCUT2D eigenvalue weighted by Crippen LogP contribution is 2.52. The fourth-order valence-corrected chi connectivity index (χ4v) is 3.81. The van der Waals surface area contributed by atoms with Gasteiger partial charge >= 0.3 is 5.97 Å². The summed E-state index contributed by atoms with van der Waals surface area (Å²) in [6.07, 6.45) is 5.52. The summed E-state index contributed by atoms with van der Waals surface area (Å²) in [6, 6.07) is 4.05. The van der Waals surface area contributed by atoms with Crippen LogP contribution in [0.1, 0.15) is 37.3 Å². The van der Waals surface area contributed by atoms with Crippen molar-refractivity contribution < 1.29 is 9.90 Å². The summed E-state index contributed by atoms with van der Waals surface area (Å²) in [5.74, 6) is 1.91. The molecule has 9 heteroatoms. The summed E-state index contributed by atoms with van der Waals surface area (Å²) in [7, 11) is 0. The molecule has 0 atom stereocenters. The molecular formula is C16H21N7O2. The van der Waals surface area contributed by atoms with Crippen LogP contribution < -0.4 is 16.4 Å². The number of nitrogens with zero attached hydrogens (tertiary/aromatic N) is 4. The molecule has 4 heterocycles. The molecule has 0 amide bonds. The molecule has 0 radical (unpaired) electrons. The first kappa shape index (κ1) is 15.8. The quantitative estimate of drug-likeness (QED) is 0.646. The van der Waals surface area contributed by atoms with Gasteiger partial charge in [-0.3, -0.25) is 9.89 Å². The summed E-state index contributed by atoms with van der Waals surface area (Å²) < 4.78 is 0. The summed E-state index contributed by atoms with van der Waals surface area (Å²) in [4.78, 5) is 22.3. The van der Waals surface area contributed by atoms with E-state index in [4.69, 9.17) is 0 Å². The molecule has 6 N–H and O–H groups in total. The number of carboxylic acids is 1. The maximum atomic E-state index is 11.4. The van der Waals surface area contributed by atoms with Crippen molar-refractivity contribution in [3.63, 3.8) is 0 Å². The average Bonchev–Trinajstić information content (AvgIpc) is 3.01. The Labute approximate surface area is 144 Å². The molecule has 2 saturated carbocycles.